The number of alkyl halides is 1. The van der Waals surface area contributed by atoms with E-state index < -0.39 is 6.17 Å². The van der Waals surface area contributed by atoms with Crippen molar-refractivity contribution in [1.29, 1.82) is 5.26 Å². The van der Waals surface area contributed by atoms with Crippen molar-refractivity contribution >= 4 is 23.5 Å². The van der Waals surface area contributed by atoms with Gasteiger partial charge < -0.3 is 10.6 Å². The van der Waals surface area contributed by atoms with Gasteiger partial charge in [-0.15, -0.1) is 0 Å². The van der Waals surface area contributed by atoms with Crippen LogP contribution in [0.4, 0.5) is 16.0 Å². The van der Waals surface area contributed by atoms with Crippen LogP contribution in [0.5, 0.6) is 0 Å². The predicted molar refractivity (Wildman–Crippen MR) is 150 cm³/mol. The third-order valence-electron chi connectivity index (χ3n) is 7.41. The number of nitrogens with one attached hydrogen (secondary N) is 3. The second-order valence-electron chi connectivity index (χ2n) is 10.4. The fourth-order valence-corrected chi connectivity index (χ4v) is 4.94. The maximum atomic E-state index is 13.7. The molecule has 3 aromatic rings. The van der Waals surface area contributed by atoms with E-state index in [1.165, 1.54) is 6.08 Å². The summed E-state index contributed by atoms with van der Waals surface area (Å²) in [5.74, 6) is 0.623. The molecule has 0 spiro atoms. The normalized spacial score (nSPS) is 19.8. The first-order chi connectivity index (χ1) is 19.4. The number of hydrogen-bond donors (Lipinski definition) is 3. The Morgan fingerprint density at radius 2 is 2.05 bits per heavy atom. The summed E-state index contributed by atoms with van der Waals surface area (Å²) in [5, 5.41) is 21.8. The van der Waals surface area contributed by atoms with Crippen LogP contribution in [0.2, 0.25) is 0 Å². The minimum absolute atomic E-state index is 0.117. The van der Waals surface area contributed by atoms with Crippen molar-refractivity contribution in [2.24, 2.45) is 0 Å². The van der Waals surface area contributed by atoms with Gasteiger partial charge >= 0.3 is 0 Å². The SMILES string of the molecule is C[C@H](C(=O)Nc1cc(C2CC2)[nH]n1)c1cccc(-c2ccc(NC(=O)/C=C/CN3C[C@@H](F)C[C@@H]3CC#N)nc2)c1. The van der Waals surface area contributed by atoms with E-state index in [4.69, 9.17) is 5.26 Å². The zero-order chi connectivity index (χ0) is 28.1. The van der Waals surface area contributed by atoms with E-state index in [1.54, 1.807) is 18.3 Å². The van der Waals surface area contributed by atoms with E-state index in [-0.39, 0.29) is 36.7 Å². The van der Waals surface area contributed by atoms with Crippen LogP contribution in [0, 0.1) is 11.3 Å². The van der Waals surface area contributed by atoms with Gasteiger partial charge in [0.2, 0.25) is 11.8 Å². The molecule has 0 unspecified atom stereocenters. The van der Waals surface area contributed by atoms with E-state index in [0.717, 1.165) is 35.2 Å². The predicted octanol–water partition coefficient (Wildman–Crippen LogP) is 4.91. The van der Waals surface area contributed by atoms with Gasteiger partial charge in [0.15, 0.2) is 5.82 Å². The van der Waals surface area contributed by atoms with Gasteiger partial charge in [-0.3, -0.25) is 19.6 Å². The molecule has 1 aliphatic carbocycles. The molecule has 0 bridgehead atoms. The molecule has 1 saturated carbocycles. The Labute approximate surface area is 232 Å². The fraction of sp³-hybridized carbons (Fsp3) is 0.367. The number of nitrogens with zero attached hydrogens (tertiary/aromatic N) is 4. The Kier molecular flexibility index (Phi) is 8.31. The standard InChI is InChI=1S/C30H32FN7O2/c1-19(30(40)35-28-16-26(36-37-28)20-7-8-20)21-4-2-5-22(14-21)23-9-10-27(33-17-23)34-29(39)6-3-13-38-18-24(31)15-25(38)11-12-32/h2-6,9-10,14,16-17,19-20,24-25H,7-8,11,13,15,18H2,1H3,(H,33,34,39)(H2,35,36,37,40)/b6-3+/t19-,24-,25-/m0/s1. The topological polar surface area (TPSA) is 127 Å². The molecule has 40 heavy (non-hydrogen) atoms. The van der Waals surface area contributed by atoms with Crippen molar-refractivity contribution in [3.8, 4) is 17.2 Å². The van der Waals surface area contributed by atoms with Gasteiger partial charge in [-0.1, -0.05) is 30.3 Å². The molecule has 5 rings (SSSR count). The summed E-state index contributed by atoms with van der Waals surface area (Å²) in [6.07, 6.45) is 6.75. The number of carbonyl (C=O) groups excluding carboxylic acids is 2. The number of amides is 2. The molecule has 2 fully saturated rings. The number of likely N-dealkylation sites (tertiary alicyclic amines) is 1. The Balaban J connectivity index is 1.15. The number of hydrogen-bond acceptors (Lipinski definition) is 6. The van der Waals surface area contributed by atoms with Crippen molar-refractivity contribution in [2.75, 3.05) is 23.7 Å². The lowest BCUT2D eigenvalue weighted by Gasteiger charge is -2.19. The molecule has 2 aromatic heterocycles. The number of anilines is 2. The first-order valence-corrected chi connectivity index (χ1v) is 13.5. The highest BCUT2D eigenvalue weighted by molar-refractivity contribution is 5.98. The van der Waals surface area contributed by atoms with Crippen molar-refractivity contribution in [3.63, 3.8) is 0 Å². The molecule has 0 radical (unpaired) electrons. The second-order valence-corrected chi connectivity index (χ2v) is 10.4. The first kappa shape index (κ1) is 27.2. The molecular weight excluding hydrogens is 509 g/mol. The molecule has 3 N–H and O–H groups in total. The van der Waals surface area contributed by atoms with E-state index in [1.807, 2.05) is 48.2 Å². The van der Waals surface area contributed by atoms with Crippen LogP contribution in [0.3, 0.4) is 0 Å². The molecule has 2 aliphatic rings. The highest BCUT2D eigenvalue weighted by atomic mass is 19.1. The van der Waals surface area contributed by atoms with Crippen LogP contribution in [-0.2, 0) is 9.59 Å². The molecule has 3 atom stereocenters. The average Bonchev–Trinajstić information content (AvgIpc) is 3.60. The highest BCUT2D eigenvalue weighted by Gasteiger charge is 2.31. The first-order valence-electron chi connectivity index (χ1n) is 13.5. The zero-order valence-corrected chi connectivity index (χ0v) is 22.3. The third-order valence-corrected chi connectivity index (χ3v) is 7.41. The van der Waals surface area contributed by atoms with Gasteiger partial charge in [-0.05, 0) is 49.4 Å². The number of pyridine rings is 1. The van der Waals surface area contributed by atoms with Crippen LogP contribution in [0.1, 0.15) is 55.7 Å². The smallest absolute Gasteiger partial charge is 0.249 e. The monoisotopic (exact) mass is 541 g/mol. The maximum absolute atomic E-state index is 13.7. The van der Waals surface area contributed by atoms with Gasteiger partial charge in [0.05, 0.1) is 18.4 Å². The summed E-state index contributed by atoms with van der Waals surface area (Å²) < 4.78 is 13.7. The quantitative estimate of drug-likeness (QED) is 0.313. The minimum atomic E-state index is -0.939. The van der Waals surface area contributed by atoms with Crippen LogP contribution >= 0.6 is 0 Å². The lowest BCUT2D eigenvalue weighted by Crippen LogP contribution is -2.29. The lowest BCUT2D eigenvalue weighted by molar-refractivity contribution is -0.117. The summed E-state index contributed by atoms with van der Waals surface area (Å²) >= 11 is 0. The Bertz CT molecular complexity index is 1420. The van der Waals surface area contributed by atoms with Gasteiger partial charge in [-0.25, -0.2) is 9.37 Å². The number of aromatic amines is 1. The van der Waals surface area contributed by atoms with Gasteiger partial charge in [-0.2, -0.15) is 10.4 Å². The second kappa shape index (κ2) is 12.2. The fourth-order valence-electron chi connectivity index (χ4n) is 4.94. The van der Waals surface area contributed by atoms with Crippen LogP contribution in [0.15, 0.2) is 60.8 Å². The summed E-state index contributed by atoms with van der Waals surface area (Å²) in [6.45, 7) is 2.54. The lowest BCUT2D eigenvalue weighted by atomic mass is 9.96. The number of nitriles is 1. The number of rotatable bonds is 10. The Hall–Kier alpha value is -4.36. The molecule has 1 saturated heterocycles. The van der Waals surface area contributed by atoms with Gasteiger partial charge in [0.25, 0.3) is 0 Å². The van der Waals surface area contributed by atoms with Gasteiger partial charge in [0, 0.05) is 54.6 Å². The molecule has 1 aromatic carbocycles. The maximum Gasteiger partial charge on any atom is 0.249 e. The van der Waals surface area contributed by atoms with Crippen molar-refractivity contribution in [2.45, 2.75) is 56.7 Å². The average molecular weight is 542 g/mol. The number of halogens is 1. The van der Waals surface area contributed by atoms with Crippen LogP contribution in [-0.4, -0.2) is 57.2 Å². The molecule has 1 aliphatic heterocycles. The van der Waals surface area contributed by atoms with Crippen LogP contribution < -0.4 is 10.6 Å². The van der Waals surface area contributed by atoms with E-state index in [9.17, 15) is 14.0 Å². The van der Waals surface area contributed by atoms with E-state index in [0.29, 0.717) is 30.5 Å². The number of benzene rings is 1. The third kappa shape index (κ3) is 6.79. The molecule has 3 heterocycles. The molecular formula is C30H32FN7O2. The molecule has 2 amide bonds. The Morgan fingerprint density at radius 3 is 2.80 bits per heavy atom. The van der Waals surface area contributed by atoms with Crippen molar-refractivity contribution < 1.29 is 14.0 Å². The van der Waals surface area contributed by atoms with E-state index >= 15 is 0 Å². The summed E-state index contributed by atoms with van der Waals surface area (Å²) in [5.41, 5.74) is 3.69. The van der Waals surface area contributed by atoms with E-state index in [2.05, 4.69) is 31.9 Å². The summed E-state index contributed by atoms with van der Waals surface area (Å²) in [4.78, 5) is 31.4. The molecule has 10 heteroatoms. The van der Waals surface area contributed by atoms with Crippen molar-refractivity contribution in [1.82, 2.24) is 20.1 Å². The summed E-state index contributed by atoms with van der Waals surface area (Å²) in [7, 11) is 0. The largest absolute Gasteiger partial charge is 0.309 e. The molecule has 9 nitrogen and oxygen atoms in total. The molecule has 206 valence electrons. The van der Waals surface area contributed by atoms with Crippen LogP contribution in [0.25, 0.3) is 11.1 Å². The van der Waals surface area contributed by atoms with Crippen molar-refractivity contribution in [3.05, 3.63) is 72.1 Å². The number of aromatic nitrogens is 3. The number of H-pyrrole nitrogens is 1. The van der Waals surface area contributed by atoms with Gasteiger partial charge in [0.1, 0.15) is 12.0 Å². The minimum Gasteiger partial charge on any atom is -0.309 e. The summed E-state index contributed by atoms with van der Waals surface area (Å²) in [6, 6.07) is 15.2. The zero-order valence-electron chi connectivity index (χ0n) is 22.3. The highest BCUT2D eigenvalue weighted by Crippen LogP contribution is 2.39. The Morgan fingerprint density at radius 1 is 1.20 bits per heavy atom. The number of carbonyl (C=O) groups is 2.